The summed E-state index contributed by atoms with van der Waals surface area (Å²) in [6, 6.07) is 1.28. The van der Waals surface area contributed by atoms with Gasteiger partial charge in [0, 0.05) is 12.1 Å². The first-order chi connectivity index (χ1) is 6.70. The van der Waals surface area contributed by atoms with Gasteiger partial charge in [0.15, 0.2) is 0 Å². The van der Waals surface area contributed by atoms with E-state index in [0.717, 1.165) is 12.8 Å². The minimum absolute atomic E-state index is 0.126. The van der Waals surface area contributed by atoms with Crippen LogP contribution in [0.3, 0.4) is 0 Å². The Morgan fingerprint density at radius 2 is 2.00 bits per heavy atom. The number of rotatable bonds is 2. The van der Waals surface area contributed by atoms with Gasteiger partial charge in [-0.3, -0.25) is 4.79 Å². The van der Waals surface area contributed by atoms with Gasteiger partial charge in [0.25, 0.3) is 0 Å². The number of hydrogen-bond acceptors (Lipinski definition) is 3. The van der Waals surface area contributed by atoms with Gasteiger partial charge < -0.3 is 9.64 Å². The Morgan fingerprint density at radius 3 is 2.50 bits per heavy atom. The monoisotopic (exact) mass is 261 g/mol. The van der Waals surface area contributed by atoms with Crippen LogP contribution in [-0.4, -0.2) is 41.4 Å². The molecule has 2 saturated heterocycles. The fourth-order valence-corrected chi connectivity index (χ4v) is 2.81. The molecule has 0 aromatic heterocycles. The normalized spacial score (nSPS) is 37.1. The van der Waals surface area contributed by atoms with Gasteiger partial charge in [-0.25, -0.2) is 0 Å². The summed E-state index contributed by atoms with van der Waals surface area (Å²) in [6.45, 7) is 0. The fourth-order valence-electron chi connectivity index (χ4n) is 2.68. The Bertz CT molecular complexity index is 220. The molecule has 14 heavy (non-hydrogen) atoms. The third-order valence-corrected chi connectivity index (χ3v) is 3.92. The van der Waals surface area contributed by atoms with Gasteiger partial charge in [-0.15, -0.1) is 0 Å². The number of alkyl halides is 1. The van der Waals surface area contributed by atoms with Gasteiger partial charge >= 0.3 is 5.97 Å². The first-order valence-corrected chi connectivity index (χ1v) is 6.30. The lowest BCUT2D eigenvalue weighted by atomic mass is 10.0. The Balaban J connectivity index is 1.90. The van der Waals surface area contributed by atoms with Crippen LogP contribution in [0.2, 0.25) is 0 Å². The van der Waals surface area contributed by atoms with Crippen molar-refractivity contribution >= 4 is 21.9 Å². The molecule has 0 spiro atoms. The average molecular weight is 262 g/mol. The molecule has 2 aliphatic heterocycles. The predicted octanol–water partition coefficient (Wildman–Crippen LogP) is 1.55. The molecule has 80 valence electrons. The highest BCUT2D eigenvalue weighted by molar-refractivity contribution is 9.09. The molecule has 2 heterocycles. The van der Waals surface area contributed by atoms with E-state index in [1.165, 1.54) is 12.8 Å². The van der Waals surface area contributed by atoms with E-state index in [4.69, 9.17) is 4.74 Å². The molecule has 0 N–H and O–H groups in total. The fraction of sp³-hybridized carbons (Fsp3) is 0.900. The van der Waals surface area contributed by atoms with Crippen molar-refractivity contribution in [3.63, 3.8) is 0 Å². The molecular weight excluding hydrogens is 246 g/mol. The zero-order chi connectivity index (χ0) is 10.1. The predicted molar refractivity (Wildman–Crippen MR) is 57.5 cm³/mol. The van der Waals surface area contributed by atoms with Crippen LogP contribution in [-0.2, 0) is 9.53 Å². The van der Waals surface area contributed by atoms with Crippen LogP contribution in [0.25, 0.3) is 0 Å². The van der Waals surface area contributed by atoms with Crippen molar-refractivity contribution in [3.8, 4) is 0 Å². The summed E-state index contributed by atoms with van der Waals surface area (Å²) in [6.07, 6.45) is 4.73. The summed E-state index contributed by atoms with van der Waals surface area (Å²) < 4.78 is 5.36. The van der Waals surface area contributed by atoms with Crippen molar-refractivity contribution in [1.29, 1.82) is 0 Å². The van der Waals surface area contributed by atoms with E-state index >= 15 is 0 Å². The van der Waals surface area contributed by atoms with Crippen LogP contribution in [0, 0.1) is 0 Å². The highest BCUT2D eigenvalue weighted by Gasteiger charge is 2.39. The van der Waals surface area contributed by atoms with E-state index in [1.807, 2.05) is 0 Å². The van der Waals surface area contributed by atoms with Crippen LogP contribution in [0.15, 0.2) is 0 Å². The van der Waals surface area contributed by atoms with Gasteiger partial charge in [0.05, 0.1) is 0 Å². The van der Waals surface area contributed by atoms with E-state index in [2.05, 4.69) is 27.9 Å². The maximum atomic E-state index is 11.1. The zero-order valence-electron chi connectivity index (χ0n) is 8.41. The minimum Gasteiger partial charge on any atom is -0.462 e. The molecule has 2 bridgehead atoms. The molecule has 0 unspecified atom stereocenters. The largest absolute Gasteiger partial charge is 0.462 e. The summed E-state index contributed by atoms with van der Waals surface area (Å²) in [5.74, 6) is -0.126. The summed E-state index contributed by atoms with van der Waals surface area (Å²) in [7, 11) is 2.19. The van der Waals surface area contributed by atoms with Crippen LogP contribution in [0.1, 0.15) is 25.7 Å². The van der Waals surface area contributed by atoms with Crippen LogP contribution in [0.5, 0.6) is 0 Å². The number of carbonyl (C=O) groups is 1. The number of fused-ring (bicyclic) bond motifs is 2. The molecule has 4 heteroatoms. The number of nitrogens with zero attached hydrogens (tertiary/aromatic N) is 1. The smallest absolute Gasteiger partial charge is 0.316 e. The highest BCUT2D eigenvalue weighted by Crippen LogP contribution is 2.35. The third-order valence-electron chi connectivity index (χ3n) is 3.46. The molecule has 2 aliphatic rings. The van der Waals surface area contributed by atoms with E-state index in [-0.39, 0.29) is 12.1 Å². The van der Waals surface area contributed by atoms with Crippen LogP contribution in [0.4, 0.5) is 0 Å². The van der Waals surface area contributed by atoms with Crippen molar-refractivity contribution in [2.75, 3.05) is 12.4 Å². The SMILES string of the molecule is CN1[C@H]2CC[C@H]1CC(OC(=O)CBr)C2. The number of hydrogen-bond donors (Lipinski definition) is 0. The Morgan fingerprint density at radius 1 is 1.43 bits per heavy atom. The van der Waals surface area contributed by atoms with Crippen molar-refractivity contribution < 1.29 is 9.53 Å². The van der Waals surface area contributed by atoms with Crippen LogP contribution < -0.4 is 0 Å². The molecule has 0 saturated carbocycles. The second-order valence-electron chi connectivity index (χ2n) is 4.27. The van der Waals surface area contributed by atoms with Gasteiger partial charge in [0.1, 0.15) is 11.4 Å². The first-order valence-electron chi connectivity index (χ1n) is 5.18. The number of piperidine rings is 1. The quantitative estimate of drug-likeness (QED) is 0.558. The lowest BCUT2D eigenvalue weighted by molar-refractivity contribution is -0.148. The number of halogens is 1. The lowest BCUT2D eigenvalue weighted by Gasteiger charge is -2.35. The average Bonchev–Trinajstić information content (AvgIpc) is 2.42. The molecule has 3 nitrogen and oxygen atoms in total. The molecule has 2 fully saturated rings. The molecule has 0 amide bonds. The maximum Gasteiger partial charge on any atom is 0.316 e. The van der Waals surface area contributed by atoms with Gasteiger partial charge in [-0.1, -0.05) is 15.9 Å². The van der Waals surface area contributed by atoms with Crippen molar-refractivity contribution in [2.45, 2.75) is 43.9 Å². The Labute approximate surface area is 92.9 Å². The first kappa shape index (κ1) is 10.4. The minimum atomic E-state index is -0.126. The summed E-state index contributed by atoms with van der Waals surface area (Å²) in [4.78, 5) is 13.6. The molecule has 0 radical (unpaired) electrons. The van der Waals surface area contributed by atoms with Gasteiger partial charge in [0.2, 0.25) is 0 Å². The zero-order valence-corrected chi connectivity index (χ0v) is 10.00. The van der Waals surface area contributed by atoms with Crippen molar-refractivity contribution in [2.24, 2.45) is 0 Å². The highest BCUT2D eigenvalue weighted by atomic mass is 79.9. The molecule has 0 aromatic rings. The summed E-state index contributed by atoms with van der Waals surface area (Å²) >= 11 is 3.11. The van der Waals surface area contributed by atoms with Crippen molar-refractivity contribution in [3.05, 3.63) is 0 Å². The van der Waals surface area contributed by atoms with Crippen molar-refractivity contribution in [1.82, 2.24) is 4.90 Å². The van der Waals surface area contributed by atoms with E-state index in [9.17, 15) is 4.79 Å². The van der Waals surface area contributed by atoms with Gasteiger partial charge in [-0.2, -0.15) is 0 Å². The standard InChI is InChI=1S/C10H16BrNO2/c1-12-7-2-3-8(12)5-9(4-7)14-10(13)6-11/h7-9H,2-6H2,1H3/t7-,8-/m0/s1. The molecule has 0 aliphatic carbocycles. The second-order valence-corrected chi connectivity index (χ2v) is 4.83. The van der Waals surface area contributed by atoms with E-state index in [1.54, 1.807) is 0 Å². The second kappa shape index (κ2) is 4.19. The van der Waals surface area contributed by atoms with Gasteiger partial charge in [-0.05, 0) is 32.7 Å². The van der Waals surface area contributed by atoms with Crippen LogP contribution >= 0.6 is 15.9 Å². The summed E-state index contributed by atoms with van der Waals surface area (Å²) in [5, 5.41) is 0.314. The molecular formula is C10H16BrNO2. The molecule has 2 rings (SSSR count). The molecule has 0 aromatic carbocycles. The lowest BCUT2D eigenvalue weighted by Crippen LogP contribution is -2.43. The topological polar surface area (TPSA) is 29.5 Å². The Hall–Kier alpha value is -0.0900. The number of esters is 1. The maximum absolute atomic E-state index is 11.1. The molecule has 2 atom stereocenters. The third kappa shape index (κ3) is 1.96. The number of carbonyl (C=O) groups excluding carboxylic acids is 1. The summed E-state index contributed by atoms with van der Waals surface area (Å²) in [5.41, 5.74) is 0. The Kier molecular flexibility index (Phi) is 3.12. The van der Waals surface area contributed by atoms with E-state index in [0.29, 0.717) is 17.4 Å². The number of ether oxygens (including phenoxy) is 1. The van der Waals surface area contributed by atoms with E-state index < -0.39 is 0 Å².